The van der Waals surface area contributed by atoms with Gasteiger partial charge in [-0.15, -0.1) is 0 Å². The molecular formula is C12H18N2O. The zero-order valence-corrected chi connectivity index (χ0v) is 9.42. The first-order valence-corrected chi connectivity index (χ1v) is 5.90. The predicted octanol–water partition coefficient (Wildman–Crippen LogP) is 1.72. The zero-order valence-electron chi connectivity index (χ0n) is 9.42. The third kappa shape index (κ3) is 0.918. The van der Waals surface area contributed by atoms with Crippen molar-refractivity contribution >= 4 is 11.7 Å². The van der Waals surface area contributed by atoms with Gasteiger partial charge in [0, 0.05) is 5.41 Å². The Morgan fingerprint density at radius 3 is 2.07 bits per heavy atom. The number of nitrogens with two attached hydrogens (primary N) is 1. The van der Waals surface area contributed by atoms with Gasteiger partial charge >= 0.3 is 0 Å². The summed E-state index contributed by atoms with van der Waals surface area (Å²) < 4.78 is 0. The zero-order chi connectivity index (χ0) is 10.8. The van der Waals surface area contributed by atoms with Gasteiger partial charge in [-0.05, 0) is 44.4 Å². The lowest BCUT2D eigenvalue weighted by Crippen LogP contribution is -2.48. The van der Waals surface area contributed by atoms with E-state index >= 15 is 0 Å². The van der Waals surface area contributed by atoms with Crippen LogP contribution in [0.5, 0.6) is 0 Å². The van der Waals surface area contributed by atoms with E-state index in [0.29, 0.717) is 17.7 Å². The highest BCUT2D eigenvalue weighted by atomic mass is 16.2. The van der Waals surface area contributed by atoms with Crippen molar-refractivity contribution in [2.24, 2.45) is 33.4 Å². The SMILES string of the molecule is CC1(C2CC2)C(=O)N=C(N)C1(C)C1CC1. The molecule has 3 nitrogen and oxygen atoms in total. The second-order valence-electron chi connectivity index (χ2n) is 5.76. The molecule has 0 bridgehead atoms. The Bertz CT molecular complexity index is 368. The molecule has 2 unspecified atom stereocenters. The molecule has 2 saturated carbocycles. The lowest BCUT2D eigenvalue weighted by atomic mass is 9.60. The minimum absolute atomic E-state index is 0.0388. The quantitative estimate of drug-likeness (QED) is 0.747. The standard InChI is InChI=1S/C12H18N2O/c1-11(7-3-4-7)9(13)14-10(15)12(11,2)8-5-6-8/h7-8H,3-6H2,1-2H3,(H2,13,14,15). The number of hydrogen-bond acceptors (Lipinski definition) is 2. The van der Waals surface area contributed by atoms with Gasteiger partial charge in [0.05, 0.1) is 5.41 Å². The maximum absolute atomic E-state index is 12.1. The van der Waals surface area contributed by atoms with E-state index in [2.05, 4.69) is 18.8 Å². The number of nitrogens with zero attached hydrogens (tertiary/aromatic N) is 1. The van der Waals surface area contributed by atoms with E-state index in [9.17, 15) is 4.79 Å². The molecule has 1 heterocycles. The molecule has 2 aliphatic carbocycles. The normalized spacial score (nSPS) is 45.7. The molecule has 0 aromatic heterocycles. The summed E-state index contributed by atoms with van der Waals surface area (Å²) in [6.45, 7) is 4.25. The van der Waals surface area contributed by atoms with Gasteiger partial charge < -0.3 is 5.73 Å². The van der Waals surface area contributed by atoms with Crippen LogP contribution in [-0.4, -0.2) is 11.7 Å². The van der Waals surface area contributed by atoms with Crippen LogP contribution in [0.3, 0.4) is 0 Å². The Kier molecular flexibility index (Phi) is 1.53. The maximum atomic E-state index is 12.1. The van der Waals surface area contributed by atoms with E-state index in [1.54, 1.807) is 0 Å². The first-order valence-electron chi connectivity index (χ1n) is 5.90. The van der Waals surface area contributed by atoms with Crippen molar-refractivity contribution < 1.29 is 4.79 Å². The van der Waals surface area contributed by atoms with Gasteiger partial charge in [-0.25, -0.2) is 0 Å². The third-order valence-corrected chi connectivity index (χ3v) is 5.06. The predicted molar refractivity (Wildman–Crippen MR) is 58.3 cm³/mol. The van der Waals surface area contributed by atoms with Crippen LogP contribution in [0.25, 0.3) is 0 Å². The summed E-state index contributed by atoms with van der Waals surface area (Å²) in [6, 6.07) is 0. The summed E-state index contributed by atoms with van der Waals surface area (Å²) in [7, 11) is 0. The molecule has 3 heteroatoms. The lowest BCUT2D eigenvalue weighted by molar-refractivity contribution is -0.131. The Hall–Kier alpha value is -0.860. The van der Waals surface area contributed by atoms with Gasteiger partial charge in [-0.1, -0.05) is 6.92 Å². The Balaban J connectivity index is 2.08. The molecule has 0 aromatic carbocycles. The smallest absolute Gasteiger partial charge is 0.254 e. The molecule has 1 aliphatic heterocycles. The molecule has 2 fully saturated rings. The number of amides is 1. The fraction of sp³-hybridized carbons (Fsp3) is 0.833. The summed E-state index contributed by atoms with van der Waals surface area (Å²) in [5.74, 6) is 1.76. The molecule has 0 radical (unpaired) electrons. The summed E-state index contributed by atoms with van der Waals surface area (Å²) >= 11 is 0. The number of carbonyl (C=O) groups excluding carboxylic acids is 1. The van der Waals surface area contributed by atoms with Crippen molar-refractivity contribution in [1.82, 2.24) is 0 Å². The molecule has 0 spiro atoms. The summed E-state index contributed by atoms with van der Waals surface area (Å²) in [6.07, 6.45) is 4.77. The Labute approximate surface area is 90.1 Å². The lowest BCUT2D eigenvalue weighted by Gasteiger charge is -2.39. The molecule has 2 N–H and O–H groups in total. The van der Waals surface area contributed by atoms with Crippen LogP contribution in [0, 0.1) is 22.7 Å². The van der Waals surface area contributed by atoms with Crippen LogP contribution in [0.1, 0.15) is 39.5 Å². The van der Waals surface area contributed by atoms with Crippen LogP contribution < -0.4 is 5.73 Å². The van der Waals surface area contributed by atoms with E-state index in [-0.39, 0.29) is 16.7 Å². The highest BCUT2D eigenvalue weighted by Crippen LogP contribution is 2.65. The average molecular weight is 206 g/mol. The monoisotopic (exact) mass is 206 g/mol. The van der Waals surface area contributed by atoms with E-state index in [0.717, 1.165) is 0 Å². The van der Waals surface area contributed by atoms with E-state index in [1.807, 2.05) is 0 Å². The number of rotatable bonds is 2. The van der Waals surface area contributed by atoms with Gasteiger partial charge in [-0.3, -0.25) is 4.79 Å². The Morgan fingerprint density at radius 2 is 1.60 bits per heavy atom. The molecule has 3 aliphatic rings. The summed E-state index contributed by atoms with van der Waals surface area (Å²) in [5, 5.41) is 0. The van der Waals surface area contributed by atoms with Crippen LogP contribution in [-0.2, 0) is 4.79 Å². The molecule has 0 saturated heterocycles. The first-order chi connectivity index (χ1) is 7.01. The number of amidine groups is 1. The average Bonchev–Trinajstić information content (AvgIpc) is 3.05. The van der Waals surface area contributed by atoms with Crippen LogP contribution in [0.15, 0.2) is 4.99 Å². The molecule has 82 valence electrons. The largest absolute Gasteiger partial charge is 0.387 e. The highest BCUT2D eigenvalue weighted by Gasteiger charge is 2.67. The minimum atomic E-state index is -0.293. The second kappa shape index (κ2) is 2.45. The van der Waals surface area contributed by atoms with Crippen molar-refractivity contribution in [3.8, 4) is 0 Å². The van der Waals surface area contributed by atoms with Crippen LogP contribution in [0.2, 0.25) is 0 Å². The molecule has 0 aromatic rings. The topological polar surface area (TPSA) is 55.5 Å². The maximum Gasteiger partial charge on any atom is 0.254 e. The van der Waals surface area contributed by atoms with E-state index < -0.39 is 0 Å². The Morgan fingerprint density at radius 1 is 1.13 bits per heavy atom. The van der Waals surface area contributed by atoms with E-state index in [1.165, 1.54) is 25.7 Å². The second-order valence-corrected chi connectivity index (χ2v) is 5.76. The molecule has 3 rings (SSSR count). The fourth-order valence-electron chi connectivity index (χ4n) is 3.38. The van der Waals surface area contributed by atoms with Gasteiger partial charge in [-0.2, -0.15) is 4.99 Å². The molecular weight excluding hydrogens is 188 g/mol. The molecule has 15 heavy (non-hydrogen) atoms. The first kappa shape index (κ1) is 9.37. The van der Waals surface area contributed by atoms with E-state index in [4.69, 9.17) is 5.73 Å². The summed E-state index contributed by atoms with van der Waals surface area (Å²) in [5.41, 5.74) is 5.57. The van der Waals surface area contributed by atoms with Crippen molar-refractivity contribution in [2.75, 3.05) is 0 Å². The molecule has 1 amide bonds. The number of carbonyl (C=O) groups is 1. The highest BCUT2D eigenvalue weighted by molar-refractivity contribution is 6.08. The van der Waals surface area contributed by atoms with Gasteiger partial charge in [0.2, 0.25) is 0 Å². The van der Waals surface area contributed by atoms with Crippen molar-refractivity contribution in [2.45, 2.75) is 39.5 Å². The third-order valence-electron chi connectivity index (χ3n) is 5.06. The van der Waals surface area contributed by atoms with Crippen LogP contribution >= 0.6 is 0 Å². The van der Waals surface area contributed by atoms with Gasteiger partial charge in [0.1, 0.15) is 5.84 Å². The van der Waals surface area contributed by atoms with Gasteiger partial charge in [0.25, 0.3) is 5.91 Å². The van der Waals surface area contributed by atoms with Crippen molar-refractivity contribution in [3.05, 3.63) is 0 Å². The summed E-state index contributed by atoms with van der Waals surface area (Å²) in [4.78, 5) is 16.1. The van der Waals surface area contributed by atoms with Crippen LogP contribution in [0.4, 0.5) is 0 Å². The number of aliphatic imine (C=N–C) groups is 1. The van der Waals surface area contributed by atoms with Crippen molar-refractivity contribution in [1.29, 1.82) is 0 Å². The number of hydrogen-bond donors (Lipinski definition) is 1. The minimum Gasteiger partial charge on any atom is -0.387 e. The fourth-order valence-corrected chi connectivity index (χ4v) is 3.38. The van der Waals surface area contributed by atoms with Crippen molar-refractivity contribution in [3.63, 3.8) is 0 Å². The van der Waals surface area contributed by atoms with Gasteiger partial charge in [0.15, 0.2) is 0 Å². The molecule has 2 atom stereocenters.